The molecule has 0 saturated heterocycles. The highest BCUT2D eigenvalue weighted by molar-refractivity contribution is 5.82. The molecular formula is C17H27NO3. The van der Waals surface area contributed by atoms with Crippen molar-refractivity contribution in [2.75, 3.05) is 26.9 Å². The van der Waals surface area contributed by atoms with Gasteiger partial charge in [0.25, 0.3) is 0 Å². The fourth-order valence-corrected chi connectivity index (χ4v) is 2.17. The van der Waals surface area contributed by atoms with E-state index in [9.17, 15) is 4.79 Å². The zero-order valence-corrected chi connectivity index (χ0v) is 13.5. The Morgan fingerprint density at radius 3 is 2.48 bits per heavy atom. The summed E-state index contributed by atoms with van der Waals surface area (Å²) in [5.41, 5.74) is -0.0740. The van der Waals surface area contributed by atoms with Gasteiger partial charge in [0.1, 0.15) is 0 Å². The van der Waals surface area contributed by atoms with Gasteiger partial charge < -0.3 is 9.47 Å². The van der Waals surface area contributed by atoms with Crippen LogP contribution in [0.5, 0.6) is 0 Å². The van der Waals surface area contributed by atoms with E-state index in [1.807, 2.05) is 30.3 Å². The van der Waals surface area contributed by atoms with E-state index in [4.69, 9.17) is 9.47 Å². The summed E-state index contributed by atoms with van der Waals surface area (Å²) in [6.45, 7) is 7.83. The van der Waals surface area contributed by atoms with Gasteiger partial charge >= 0.3 is 5.97 Å². The fraction of sp³-hybridized carbons (Fsp3) is 0.588. The molecular weight excluding hydrogens is 266 g/mol. The van der Waals surface area contributed by atoms with Gasteiger partial charge in [0, 0.05) is 6.61 Å². The summed E-state index contributed by atoms with van der Waals surface area (Å²) < 4.78 is 10.8. The van der Waals surface area contributed by atoms with Gasteiger partial charge in [-0.1, -0.05) is 51.1 Å². The third-order valence-electron chi connectivity index (χ3n) is 3.25. The lowest BCUT2D eigenvalue weighted by Gasteiger charge is -2.32. The number of ether oxygens (including phenoxy) is 2. The number of rotatable bonds is 9. The van der Waals surface area contributed by atoms with E-state index in [-0.39, 0.29) is 12.6 Å². The van der Waals surface area contributed by atoms with Crippen LogP contribution in [-0.4, -0.2) is 32.8 Å². The van der Waals surface area contributed by atoms with Gasteiger partial charge in [0.05, 0.1) is 13.7 Å². The molecule has 1 rings (SSSR count). The second kappa shape index (κ2) is 8.80. The van der Waals surface area contributed by atoms with E-state index in [2.05, 4.69) is 26.1 Å². The molecule has 0 aliphatic heterocycles. The SMILES string of the molecule is CCCNC(COCC(C)C)(C(=O)OC)c1ccccc1. The molecule has 0 spiro atoms. The Morgan fingerprint density at radius 1 is 1.29 bits per heavy atom. The van der Waals surface area contributed by atoms with Gasteiger partial charge in [-0.15, -0.1) is 0 Å². The molecule has 1 atom stereocenters. The van der Waals surface area contributed by atoms with Crippen LogP contribution in [0, 0.1) is 5.92 Å². The van der Waals surface area contributed by atoms with Crippen molar-refractivity contribution in [1.29, 1.82) is 0 Å². The molecule has 0 aromatic heterocycles. The van der Waals surface area contributed by atoms with Crippen LogP contribution in [0.1, 0.15) is 32.8 Å². The van der Waals surface area contributed by atoms with Crippen molar-refractivity contribution in [3.8, 4) is 0 Å². The largest absolute Gasteiger partial charge is 0.467 e. The first kappa shape index (κ1) is 17.7. The van der Waals surface area contributed by atoms with Crippen molar-refractivity contribution < 1.29 is 14.3 Å². The van der Waals surface area contributed by atoms with Crippen molar-refractivity contribution in [1.82, 2.24) is 5.32 Å². The predicted octanol–water partition coefficient (Wildman–Crippen LogP) is 2.73. The second-order valence-corrected chi connectivity index (χ2v) is 5.60. The lowest BCUT2D eigenvalue weighted by Crippen LogP contribution is -2.53. The highest BCUT2D eigenvalue weighted by Gasteiger charge is 2.41. The smallest absolute Gasteiger partial charge is 0.333 e. The summed E-state index contributed by atoms with van der Waals surface area (Å²) in [5, 5.41) is 3.32. The van der Waals surface area contributed by atoms with Crippen molar-refractivity contribution in [2.45, 2.75) is 32.7 Å². The third-order valence-corrected chi connectivity index (χ3v) is 3.25. The average molecular weight is 293 g/mol. The molecule has 0 heterocycles. The number of nitrogens with one attached hydrogen (secondary N) is 1. The fourth-order valence-electron chi connectivity index (χ4n) is 2.17. The van der Waals surface area contributed by atoms with Crippen molar-refractivity contribution in [3.05, 3.63) is 35.9 Å². The number of hydrogen-bond donors (Lipinski definition) is 1. The molecule has 0 radical (unpaired) electrons. The first-order valence-corrected chi connectivity index (χ1v) is 7.53. The van der Waals surface area contributed by atoms with Crippen LogP contribution >= 0.6 is 0 Å². The molecule has 1 N–H and O–H groups in total. The van der Waals surface area contributed by atoms with Gasteiger partial charge in [-0.05, 0) is 24.4 Å². The molecule has 0 aliphatic rings. The van der Waals surface area contributed by atoms with Gasteiger partial charge in [0.2, 0.25) is 0 Å². The van der Waals surface area contributed by atoms with E-state index in [1.165, 1.54) is 7.11 Å². The van der Waals surface area contributed by atoms with E-state index in [0.29, 0.717) is 12.5 Å². The normalized spacial score (nSPS) is 14.0. The summed E-state index contributed by atoms with van der Waals surface area (Å²) in [4.78, 5) is 12.5. The van der Waals surface area contributed by atoms with E-state index >= 15 is 0 Å². The van der Waals surface area contributed by atoms with Crippen molar-refractivity contribution in [2.24, 2.45) is 5.92 Å². The number of benzene rings is 1. The van der Waals surface area contributed by atoms with Crippen LogP contribution in [0.2, 0.25) is 0 Å². The van der Waals surface area contributed by atoms with Crippen LogP contribution in [0.4, 0.5) is 0 Å². The van der Waals surface area contributed by atoms with Crippen LogP contribution in [0.3, 0.4) is 0 Å². The standard InChI is InChI=1S/C17H27NO3/c1-5-11-18-17(16(19)20-4,13-21-12-14(2)3)15-9-7-6-8-10-15/h6-10,14,18H,5,11-13H2,1-4H3. The van der Waals surface area contributed by atoms with E-state index < -0.39 is 5.54 Å². The second-order valence-electron chi connectivity index (χ2n) is 5.60. The number of carbonyl (C=O) groups excluding carboxylic acids is 1. The Kier molecular flexibility index (Phi) is 7.40. The van der Waals surface area contributed by atoms with Crippen molar-refractivity contribution >= 4 is 5.97 Å². The molecule has 0 bridgehead atoms. The van der Waals surface area contributed by atoms with Gasteiger partial charge in [-0.3, -0.25) is 5.32 Å². The van der Waals surface area contributed by atoms with Crippen LogP contribution in [0.15, 0.2) is 30.3 Å². The molecule has 0 fully saturated rings. The summed E-state index contributed by atoms with van der Waals surface area (Å²) in [7, 11) is 1.41. The summed E-state index contributed by atoms with van der Waals surface area (Å²) in [6, 6.07) is 9.63. The lowest BCUT2D eigenvalue weighted by molar-refractivity contribution is -0.152. The van der Waals surface area contributed by atoms with E-state index in [0.717, 1.165) is 18.5 Å². The number of carbonyl (C=O) groups is 1. The monoisotopic (exact) mass is 293 g/mol. The Balaban J connectivity index is 3.05. The molecule has 1 unspecified atom stereocenters. The maximum atomic E-state index is 12.5. The molecule has 1 aromatic carbocycles. The Bertz CT molecular complexity index is 419. The third kappa shape index (κ3) is 4.83. The highest BCUT2D eigenvalue weighted by atomic mass is 16.5. The molecule has 4 nitrogen and oxygen atoms in total. The zero-order valence-electron chi connectivity index (χ0n) is 13.5. The van der Waals surface area contributed by atoms with Crippen LogP contribution < -0.4 is 5.32 Å². The zero-order chi connectivity index (χ0) is 15.7. The number of esters is 1. The van der Waals surface area contributed by atoms with Crippen LogP contribution in [-0.2, 0) is 19.8 Å². The number of hydrogen-bond acceptors (Lipinski definition) is 4. The average Bonchev–Trinajstić information content (AvgIpc) is 2.50. The summed E-state index contributed by atoms with van der Waals surface area (Å²) >= 11 is 0. The quantitative estimate of drug-likeness (QED) is 0.711. The maximum absolute atomic E-state index is 12.5. The number of methoxy groups -OCH3 is 1. The first-order chi connectivity index (χ1) is 10.1. The maximum Gasteiger partial charge on any atom is 0.333 e. The Labute approximate surface area is 127 Å². The van der Waals surface area contributed by atoms with Crippen LogP contribution in [0.25, 0.3) is 0 Å². The molecule has 21 heavy (non-hydrogen) atoms. The lowest BCUT2D eigenvalue weighted by atomic mass is 9.90. The molecule has 0 amide bonds. The molecule has 1 aromatic rings. The van der Waals surface area contributed by atoms with Gasteiger partial charge in [-0.2, -0.15) is 0 Å². The Hall–Kier alpha value is -1.39. The molecule has 0 aliphatic carbocycles. The van der Waals surface area contributed by atoms with Gasteiger partial charge in [0.15, 0.2) is 5.54 Å². The first-order valence-electron chi connectivity index (χ1n) is 7.53. The molecule has 0 saturated carbocycles. The Morgan fingerprint density at radius 2 is 1.95 bits per heavy atom. The minimum atomic E-state index is -0.944. The van der Waals surface area contributed by atoms with Crippen molar-refractivity contribution in [3.63, 3.8) is 0 Å². The van der Waals surface area contributed by atoms with E-state index in [1.54, 1.807) is 0 Å². The summed E-state index contributed by atoms with van der Waals surface area (Å²) in [5.74, 6) is 0.105. The predicted molar refractivity (Wildman–Crippen MR) is 84.1 cm³/mol. The topological polar surface area (TPSA) is 47.6 Å². The summed E-state index contributed by atoms with van der Waals surface area (Å²) in [6.07, 6.45) is 0.926. The highest BCUT2D eigenvalue weighted by Crippen LogP contribution is 2.24. The minimum Gasteiger partial charge on any atom is -0.467 e. The van der Waals surface area contributed by atoms with Gasteiger partial charge in [-0.25, -0.2) is 4.79 Å². The minimum absolute atomic E-state index is 0.266. The molecule has 118 valence electrons. The molecule has 4 heteroatoms.